The van der Waals surface area contributed by atoms with Crippen LogP contribution in [-0.4, -0.2) is 23.8 Å². The summed E-state index contributed by atoms with van der Waals surface area (Å²) in [6.07, 6.45) is 0.229. The van der Waals surface area contributed by atoms with Gasteiger partial charge in [0, 0.05) is 16.7 Å². The molecule has 0 aliphatic rings. The molecule has 0 spiro atoms. The fourth-order valence-electron chi connectivity index (χ4n) is 2.79. The third-order valence-corrected chi connectivity index (χ3v) is 4.33. The van der Waals surface area contributed by atoms with Crippen molar-refractivity contribution in [3.63, 3.8) is 0 Å². The molecule has 29 heavy (non-hydrogen) atoms. The van der Waals surface area contributed by atoms with Gasteiger partial charge in [-0.3, -0.25) is 4.79 Å². The predicted octanol–water partition coefficient (Wildman–Crippen LogP) is 2.67. The van der Waals surface area contributed by atoms with Crippen molar-refractivity contribution >= 4 is 5.91 Å². The Balaban J connectivity index is 1.60. The van der Waals surface area contributed by atoms with Crippen LogP contribution in [0.25, 0.3) is 0 Å². The van der Waals surface area contributed by atoms with Crippen LogP contribution in [0.2, 0.25) is 0 Å². The first-order valence-corrected chi connectivity index (χ1v) is 9.32. The Morgan fingerprint density at radius 1 is 0.862 bits per heavy atom. The first-order chi connectivity index (χ1) is 14.1. The normalized spacial score (nSPS) is 11.2. The number of hydroxylamine groups is 1. The van der Waals surface area contributed by atoms with Crippen LogP contribution in [0.1, 0.15) is 32.6 Å². The molecule has 0 saturated heterocycles. The number of hydrogen-bond donors (Lipinski definition) is 4. The predicted molar refractivity (Wildman–Crippen MR) is 113 cm³/mol. The van der Waals surface area contributed by atoms with Gasteiger partial charge in [0.25, 0.3) is 5.91 Å². The molecule has 5 N–H and O–H groups in total. The summed E-state index contributed by atoms with van der Waals surface area (Å²) in [5.41, 5.74) is 12.3. The molecule has 5 nitrogen and oxygen atoms in total. The zero-order chi connectivity index (χ0) is 20.5. The van der Waals surface area contributed by atoms with E-state index in [1.54, 1.807) is 24.3 Å². The van der Waals surface area contributed by atoms with Crippen molar-refractivity contribution in [3.8, 4) is 11.8 Å². The minimum atomic E-state index is -0.670. The molecule has 5 heteroatoms. The topological polar surface area (TPSA) is 87.4 Å². The molecule has 0 fully saturated rings. The number of rotatable bonds is 6. The first kappa shape index (κ1) is 20.3. The molecular weight excluding hydrogens is 362 g/mol. The highest BCUT2D eigenvalue weighted by Crippen LogP contribution is 2.10. The molecule has 0 aliphatic heterocycles. The van der Waals surface area contributed by atoms with Crippen molar-refractivity contribution in [2.75, 3.05) is 6.54 Å². The van der Waals surface area contributed by atoms with Gasteiger partial charge in [-0.15, -0.1) is 0 Å². The smallest absolute Gasteiger partial charge is 0.252 e. The maximum atomic E-state index is 12.0. The minimum Gasteiger partial charge on any atom is -0.336 e. The van der Waals surface area contributed by atoms with Crippen molar-refractivity contribution in [2.45, 2.75) is 12.6 Å². The number of amides is 1. The fourth-order valence-corrected chi connectivity index (χ4v) is 2.79. The second-order valence-electron chi connectivity index (χ2n) is 6.63. The van der Waals surface area contributed by atoms with Crippen molar-refractivity contribution < 1.29 is 10.0 Å². The lowest BCUT2D eigenvalue weighted by Crippen LogP contribution is -2.47. The van der Waals surface area contributed by atoms with Gasteiger partial charge in [-0.05, 0) is 53.9 Å². The Bertz CT molecular complexity index is 988. The summed E-state index contributed by atoms with van der Waals surface area (Å²) in [4.78, 5) is 12.0. The monoisotopic (exact) mass is 385 g/mol. The Labute approximate surface area is 170 Å². The lowest BCUT2D eigenvalue weighted by atomic mass is 10.0. The molecule has 0 radical (unpaired) electrons. The number of nitrogens with two attached hydrogens (primary N) is 1. The Morgan fingerprint density at radius 2 is 1.41 bits per heavy atom. The third-order valence-electron chi connectivity index (χ3n) is 4.33. The van der Waals surface area contributed by atoms with Gasteiger partial charge >= 0.3 is 0 Å². The van der Waals surface area contributed by atoms with Gasteiger partial charge < -0.3 is 16.3 Å². The second-order valence-corrected chi connectivity index (χ2v) is 6.63. The van der Waals surface area contributed by atoms with Gasteiger partial charge in [0.15, 0.2) is 0 Å². The fraction of sp³-hybridized carbons (Fsp3) is 0.125. The zero-order valence-electron chi connectivity index (χ0n) is 15.9. The van der Waals surface area contributed by atoms with Gasteiger partial charge in [-0.1, -0.05) is 54.3 Å². The molecule has 0 saturated carbocycles. The van der Waals surface area contributed by atoms with Crippen molar-refractivity contribution in [1.29, 1.82) is 0 Å². The van der Waals surface area contributed by atoms with E-state index in [9.17, 15) is 4.79 Å². The zero-order valence-corrected chi connectivity index (χ0v) is 15.9. The van der Waals surface area contributed by atoms with E-state index in [0.29, 0.717) is 5.56 Å². The van der Waals surface area contributed by atoms with Crippen LogP contribution in [0.15, 0.2) is 78.9 Å². The molecule has 0 heterocycles. The number of carbonyl (C=O) groups excluding carboxylic acids is 1. The highest BCUT2D eigenvalue weighted by atomic mass is 16.5. The summed E-state index contributed by atoms with van der Waals surface area (Å²) in [7, 11) is 0. The van der Waals surface area contributed by atoms with Crippen molar-refractivity contribution in [1.82, 2.24) is 10.8 Å². The average Bonchev–Trinajstić information content (AvgIpc) is 2.74. The van der Waals surface area contributed by atoms with E-state index < -0.39 is 6.17 Å². The second kappa shape index (κ2) is 10.2. The molecule has 1 atom stereocenters. The standard InChI is InChI=1S/C24H23N3O2/c25-23(17-26-29)27-24(28)22-14-12-19(13-15-22)7-6-18-8-10-21(11-9-18)16-20-4-2-1-3-5-20/h1-5,8-15,23,26,29H,16-17,25H2,(H,27,28). The minimum absolute atomic E-state index is 0.0689. The lowest BCUT2D eigenvalue weighted by Gasteiger charge is -2.12. The van der Waals surface area contributed by atoms with E-state index in [4.69, 9.17) is 10.9 Å². The number of carbonyl (C=O) groups is 1. The summed E-state index contributed by atoms with van der Waals surface area (Å²) in [5.74, 6) is 5.95. The van der Waals surface area contributed by atoms with E-state index in [0.717, 1.165) is 17.5 Å². The SMILES string of the molecule is NC(CNO)NC(=O)c1ccc(C#Cc2ccc(Cc3ccccc3)cc2)cc1. The third kappa shape index (κ3) is 6.30. The van der Waals surface area contributed by atoms with E-state index >= 15 is 0 Å². The first-order valence-electron chi connectivity index (χ1n) is 9.32. The van der Waals surface area contributed by atoms with E-state index in [2.05, 4.69) is 41.4 Å². The van der Waals surface area contributed by atoms with E-state index in [1.165, 1.54) is 11.1 Å². The highest BCUT2D eigenvalue weighted by molar-refractivity contribution is 5.94. The van der Waals surface area contributed by atoms with Gasteiger partial charge in [0.1, 0.15) is 0 Å². The molecule has 1 amide bonds. The summed E-state index contributed by atoms with van der Waals surface area (Å²) in [6.45, 7) is 0.0689. The highest BCUT2D eigenvalue weighted by Gasteiger charge is 2.09. The Morgan fingerprint density at radius 3 is 2.00 bits per heavy atom. The van der Waals surface area contributed by atoms with Crippen LogP contribution in [0.3, 0.4) is 0 Å². The molecular formula is C24H23N3O2. The van der Waals surface area contributed by atoms with Crippen molar-refractivity contribution in [3.05, 3.63) is 107 Å². The van der Waals surface area contributed by atoms with Crippen LogP contribution in [0.5, 0.6) is 0 Å². The quantitative estimate of drug-likeness (QED) is 0.298. The largest absolute Gasteiger partial charge is 0.336 e. The summed E-state index contributed by atoms with van der Waals surface area (Å²) >= 11 is 0. The number of hydrogen-bond acceptors (Lipinski definition) is 4. The lowest BCUT2D eigenvalue weighted by molar-refractivity contribution is 0.0919. The molecule has 146 valence electrons. The number of nitrogens with one attached hydrogen (secondary N) is 2. The number of benzene rings is 3. The summed E-state index contributed by atoms with van der Waals surface area (Å²) in [5, 5.41) is 11.2. The summed E-state index contributed by atoms with van der Waals surface area (Å²) in [6, 6.07) is 25.5. The molecule has 0 aliphatic carbocycles. The maximum Gasteiger partial charge on any atom is 0.252 e. The van der Waals surface area contributed by atoms with Crippen molar-refractivity contribution in [2.24, 2.45) is 5.73 Å². The van der Waals surface area contributed by atoms with Crippen LogP contribution < -0.4 is 16.5 Å². The van der Waals surface area contributed by atoms with Crippen LogP contribution >= 0.6 is 0 Å². The van der Waals surface area contributed by atoms with E-state index in [-0.39, 0.29) is 12.5 Å². The van der Waals surface area contributed by atoms with E-state index in [1.807, 2.05) is 35.8 Å². The maximum absolute atomic E-state index is 12.0. The molecule has 1 unspecified atom stereocenters. The Hall–Kier alpha value is -3.43. The van der Waals surface area contributed by atoms with Gasteiger partial charge in [0.2, 0.25) is 0 Å². The molecule has 3 aromatic rings. The van der Waals surface area contributed by atoms with Crippen LogP contribution in [0, 0.1) is 11.8 Å². The van der Waals surface area contributed by atoms with Gasteiger partial charge in [-0.2, -0.15) is 0 Å². The molecule has 0 aromatic heterocycles. The molecule has 3 aromatic carbocycles. The Kier molecular flexibility index (Phi) is 7.15. The summed E-state index contributed by atoms with van der Waals surface area (Å²) < 4.78 is 0. The van der Waals surface area contributed by atoms with Gasteiger partial charge in [0.05, 0.1) is 12.7 Å². The van der Waals surface area contributed by atoms with Crippen LogP contribution in [0.4, 0.5) is 0 Å². The van der Waals surface area contributed by atoms with Crippen LogP contribution in [-0.2, 0) is 6.42 Å². The average molecular weight is 385 g/mol. The van der Waals surface area contributed by atoms with Gasteiger partial charge in [-0.25, -0.2) is 5.48 Å². The molecule has 3 rings (SSSR count). The molecule has 0 bridgehead atoms.